The van der Waals surface area contributed by atoms with Crippen molar-refractivity contribution in [3.63, 3.8) is 0 Å². The maximum atomic E-state index is 9.87. The van der Waals surface area contributed by atoms with E-state index in [1.165, 1.54) is 6.33 Å². The van der Waals surface area contributed by atoms with Crippen LogP contribution in [-0.4, -0.2) is 33.9 Å². The monoisotopic (exact) mass is 407 g/mol. The number of thiophene rings is 1. The van der Waals surface area contributed by atoms with Crippen LogP contribution in [0.25, 0.3) is 20.7 Å². The Morgan fingerprint density at radius 2 is 1.90 bits per heavy atom. The summed E-state index contributed by atoms with van der Waals surface area (Å²) in [6.07, 6.45) is 1.52. The van der Waals surface area contributed by atoms with Crippen LogP contribution in [-0.2, 0) is 6.61 Å². The van der Waals surface area contributed by atoms with Gasteiger partial charge < -0.3 is 20.3 Å². The van der Waals surface area contributed by atoms with E-state index in [-0.39, 0.29) is 19.3 Å². The second kappa shape index (κ2) is 8.57. The van der Waals surface area contributed by atoms with Crippen LogP contribution in [0.5, 0.6) is 5.75 Å². The molecule has 0 saturated carbocycles. The molecule has 0 radical (unpaired) electrons. The van der Waals surface area contributed by atoms with Crippen molar-refractivity contribution < 1.29 is 14.9 Å². The molecule has 0 saturated heterocycles. The summed E-state index contributed by atoms with van der Waals surface area (Å²) in [7, 11) is 1.62. The molecular weight excluding hydrogens is 386 g/mol. The van der Waals surface area contributed by atoms with Gasteiger partial charge in [0.25, 0.3) is 0 Å². The Bertz CT molecular complexity index is 1110. The number of aromatic nitrogens is 2. The Morgan fingerprint density at radius 3 is 2.62 bits per heavy atom. The highest BCUT2D eigenvalue weighted by molar-refractivity contribution is 7.22. The maximum Gasteiger partial charge on any atom is 0.138 e. The maximum absolute atomic E-state index is 9.87. The highest BCUT2D eigenvalue weighted by Gasteiger charge is 2.16. The number of aliphatic hydroxyl groups excluding tert-OH is 2. The molecule has 2 heterocycles. The van der Waals surface area contributed by atoms with Gasteiger partial charge in [-0.2, -0.15) is 0 Å². The Balaban J connectivity index is 1.73. The van der Waals surface area contributed by atoms with Crippen LogP contribution < -0.4 is 10.1 Å². The molecule has 4 aromatic rings. The summed E-state index contributed by atoms with van der Waals surface area (Å²) in [5.41, 5.74) is 2.71. The van der Waals surface area contributed by atoms with Gasteiger partial charge in [-0.1, -0.05) is 36.4 Å². The molecule has 0 aliphatic carbocycles. The lowest BCUT2D eigenvalue weighted by molar-refractivity contribution is 0.276. The van der Waals surface area contributed by atoms with Crippen molar-refractivity contribution in [2.75, 3.05) is 19.0 Å². The van der Waals surface area contributed by atoms with Gasteiger partial charge in [-0.3, -0.25) is 0 Å². The molecule has 0 amide bonds. The molecule has 2 aromatic heterocycles. The van der Waals surface area contributed by atoms with Crippen molar-refractivity contribution in [1.82, 2.24) is 9.97 Å². The fraction of sp³-hybridized carbons (Fsp3) is 0.182. The molecule has 4 rings (SSSR count). The number of hydrogen-bond acceptors (Lipinski definition) is 7. The van der Waals surface area contributed by atoms with Crippen LogP contribution in [0.15, 0.2) is 60.9 Å². The quantitative estimate of drug-likeness (QED) is 0.429. The van der Waals surface area contributed by atoms with E-state index in [4.69, 9.17) is 4.74 Å². The van der Waals surface area contributed by atoms with Gasteiger partial charge in [0.05, 0.1) is 31.8 Å². The fourth-order valence-corrected chi connectivity index (χ4v) is 4.25. The standard InChI is InChI=1S/C22H21N3O3S/c1-28-19-9-14(11-26)7-8-16(19)20-10-17-21(23-13-24-22(17)29-20)25-18(12-27)15-5-3-2-4-6-15/h2-10,13,18,26-27H,11-12H2,1H3,(H,23,24,25)/t18-/m1/s1. The van der Waals surface area contributed by atoms with Crippen molar-refractivity contribution >= 4 is 27.4 Å². The number of rotatable bonds is 7. The minimum atomic E-state index is -0.268. The van der Waals surface area contributed by atoms with Crippen molar-refractivity contribution in [3.05, 3.63) is 72.1 Å². The summed E-state index contributed by atoms with van der Waals surface area (Å²) in [5, 5.41) is 23.5. The Morgan fingerprint density at radius 1 is 1.07 bits per heavy atom. The Labute approximate surface area is 172 Å². The van der Waals surface area contributed by atoms with E-state index < -0.39 is 0 Å². The van der Waals surface area contributed by atoms with Crippen molar-refractivity contribution in [3.8, 4) is 16.2 Å². The number of anilines is 1. The van der Waals surface area contributed by atoms with Gasteiger partial charge in [-0.05, 0) is 29.3 Å². The first kappa shape index (κ1) is 19.3. The van der Waals surface area contributed by atoms with Crippen molar-refractivity contribution in [1.29, 1.82) is 0 Å². The Hall–Kier alpha value is -3.00. The summed E-state index contributed by atoms with van der Waals surface area (Å²) in [4.78, 5) is 10.6. The zero-order chi connectivity index (χ0) is 20.2. The van der Waals surface area contributed by atoms with Crippen LogP contribution in [0.4, 0.5) is 5.82 Å². The van der Waals surface area contributed by atoms with Gasteiger partial charge in [0.2, 0.25) is 0 Å². The second-order valence-electron chi connectivity index (χ2n) is 6.53. The van der Waals surface area contributed by atoms with Crippen LogP contribution in [0.2, 0.25) is 0 Å². The van der Waals surface area contributed by atoms with Crippen molar-refractivity contribution in [2.45, 2.75) is 12.6 Å². The van der Waals surface area contributed by atoms with E-state index in [1.807, 2.05) is 54.6 Å². The lowest BCUT2D eigenvalue weighted by Crippen LogP contribution is -2.15. The smallest absolute Gasteiger partial charge is 0.138 e. The minimum absolute atomic E-state index is 0.0371. The normalized spacial score (nSPS) is 12.1. The molecule has 0 fully saturated rings. The van der Waals surface area contributed by atoms with Gasteiger partial charge in [0.15, 0.2) is 0 Å². The van der Waals surface area contributed by atoms with Crippen LogP contribution in [0, 0.1) is 0 Å². The van der Waals surface area contributed by atoms with E-state index in [0.29, 0.717) is 11.6 Å². The first-order chi connectivity index (χ1) is 14.2. The van der Waals surface area contributed by atoms with E-state index in [0.717, 1.165) is 31.8 Å². The zero-order valence-corrected chi connectivity index (χ0v) is 16.7. The molecule has 3 N–H and O–H groups in total. The minimum Gasteiger partial charge on any atom is -0.496 e. The SMILES string of the molecule is COc1cc(CO)ccc1-c1cc2c(N[C@H](CO)c3ccccc3)ncnc2s1. The highest BCUT2D eigenvalue weighted by Crippen LogP contribution is 2.40. The number of hydrogen-bond donors (Lipinski definition) is 3. The number of methoxy groups -OCH3 is 1. The summed E-state index contributed by atoms with van der Waals surface area (Å²) >= 11 is 1.54. The second-order valence-corrected chi connectivity index (χ2v) is 7.57. The highest BCUT2D eigenvalue weighted by atomic mass is 32.1. The molecule has 6 nitrogen and oxygen atoms in total. The summed E-state index contributed by atoms with van der Waals surface area (Å²) in [6.45, 7) is -0.0897. The van der Waals surface area contributed by atoms with E-state index in [9.17, 15) is 10.2 Å². The lowest BCUT2D eigenvalue weighted by atomic mass is 10.1. The third kappa shape index (κ3) is 3.93. The average molecular weight is 407 g/mol. The molecule has 0 aliphatic rings. The van der Waals surface area contributed by atoms with E-state index in [1.54, 1.807) is 18.4 Å². The van der Waals surface area contributed by atoms with Gasteiger partial charge >= 0.3 is 0 Å². The van der Waals surface area contributed by atoms with Gasteiger partial charge in [-0.15, -0.1) is 11.3 Å². The molecule has 0 spiro atoms. The van der Waals surface area contributed by atoms with Crippen LogP contribution in [0.1, 0.15) is 17.2 Å². The largest absolute Gasteiger partial charge is 0.496 e. The lowest BCUT2D eigenvalue weighted by Gasteiger charge is -2.17. The van der Waals surface area contributed by atoms with Gasteiger partial charge in [-0.25, -0.2) is 9.97 Å². The predicted molar refractivity (Wildman–Crippen MR) is 115 cm³/mol. The molecular formula is C22H21N3O3S. The number of fused-ring (bicyclic) bond motifs is 1. The first-order valence-electron chi connectivity index (χ1n) is 9.18. The number of aliphatic hydroxyl groups is 2. The molecule has 148 valence electrons. The molecule has 0 aliphatic heterocycles. The Kier molecular flexibility index (Phi) is 5.71. The van der Waals surface area contributed by atoms with E-state index in [2.05, 4.69) is 15.3 Å². The zero-order valence-electron chi connectivity index (χ0n) is 15.9. The van der Waals surface area contributed by atoms with Gasteiger partial charge in [0.1, 0.15) is 22.7 Å². The molecule has 0 bridgehead atoms. The number of ether oxygens (including phenoxy) is 1. The molecule has 0 unspecified atom stereocenters. The third-order valence-electron chi connectivity index (χ3n) is 4.74. The number of nitrogens with zero attached hydrogens (tertiary/aromatic N) is 2. The summed E-state index contributed by atoms with van der Waals surface area (Å²) in [5.74, 6) is 1.37. The van der Waals surface area contributed by atoms with Gasteiger partial charge in [0, 0.05) is 10.4 Å². The third-order valence-corrected chi connectivity index (χ3v) is 5.82. The van der Waals surface area contributed by atoms with E-state index >= 15 is 0 Å². The summed E-state index contributed by atoms with van der Waals surface area (Å²) < 4.78 is 5.52. The predicted octanol–water partition coefficient (Wildman–Crippen LogP) is 4.00. The number of nitrogens with one attached hydrogen (secondary N) is 1. The summed E-state index contributed by atoms with van der Waals surface area (Å²) in [6, 6.07) is 17.2. The molecule has 29 heavy (non-hydrogen) atoms. The molecule has 7 heteroatoms. The fourth-order valence-electron chi connectivity index (χ4n) is 3.23. The first-order valence-corrected chi connectivity index (χ1v) is 10.00. The average Bonchev–Trinajstić information content (AvgIpc) is 3.22. The molecule has 2 aromatic carbocycles. The van der Waals surface area contributed by atoms with Crippen LogP contribution >= 0.6 is 11.3 Å². The topological polar surface area (TPSA) is 87.5 Å². The van der Waals surface area contributed by atoms with Crippen LogP contribution in [0.3, 0.4) is 0 Å². The number of benzene rings is 2. The van der Waals surface area contributed by atoms with Crippen molar-refractivity contribution in [2.24, 2.45) is 0 Å². The molecule has 1 atom stereocenters.